The van der Waals surface area contributed by atoms with Gasteiger partial charge in [0.2, 0.25) is 0 Å². The van der Waals surface area contributed by atoms with Crippen LogP contribution in [0, 0.1) is 5.82 Å². The molecule has 1 heterocycles. The maximum Gasteiger partial charge on any atom is 0.124 e. The highest BCUT2D eigenvalue weighted by Gasteiger charge is 2.13. The Kier molecular flexibility index (Phi) is 5.76. The van der Waals surface area contributed by atoms with Crippen LogP contribution < -0.4 is 10.1 Å². The van der Waals surface area contributed by atoms with Gasteiger partial charge in [-0.15, -0.1) is 0 Å². The Bertz CT molecular complexity index is 420. The molecule has 2 rings (SSSR count). The number of hydrogen-bond acceptors (Lipinski definition) is 4. The predicted molar refractivity (Wildman–Crippen MR) is 78.6 cm³/mol. The molecule has 1 saturated heterocycles. The average Bonchev–Trinajstić information content (AvgIpc) is 2.44. The molecule has 5 heteroatoms. The van der Waals surface area contributed by atoms with Crippen LogP contribution in [0.15, 0.2) is 18.2 Å². The first-order valence-electron chi connectivity index (χ1n) is 7.16. The van der Waals surface area contributed by atoms with Crippen LogP contribution in [-0.2, 0) is 6.54 Å². The Morgan fingerprint density at radius 1 is 1.25 bits per heavy atom. The maximum absolute atomic E-state index is 13.2. The first-order valence-corrected chi connectivity index (χ1v) is 7.16. The third-order valence-corrected chi connectivity index (χ3v) is 3.65. The number of nitrogens with one attached hydrogen (secondary N) is 1. The molecule has 0 saturated carbocycles. The molecule has 0 spiro atoms. The fourth-order valence-electron chi connectivity index (χ4n) is 2.37. The molecule has 0 atom stereocenters. The van der Waals surface area contributed by atoms with Crippen molar-refractivity contribution >= 4 is 0 Å². The number of piperazine rings is 1. The van der Waals surface area contributed by atoms with Gasteiger partial charge in [0.15, 0.2) is 0 Å². The van der Waals surface area contributed by atoms with Gasteiger partial charge in [0.1, 0.15) is 18.2 Å². The van der Waals surface area contributed by atoms with Crippen molar-refractivity contribution in [1.29, 1.82) is 0 Å². The molecule has 0 aliphatic carbocycles. The van der Waals surface area contributed by atoms with Gasteiger partial charge in [-0.05, 0) is 32.3 Å². The summed E-state index contributed by atoms with van der Waals surface area (Å²) in [6.07, 6.45) is 0. The lowest BCUT2D eigenvalue weighted by Gasteiger charge is -2.32. The van der Waals surface area contributed by atoms with E-state index in [0.29, 0.717) is 13.2 Å². The molecule has 1 aromatic carbocycles. The zero-order valence-corrected chi connectivity index (χ0v) is 12.4. The van der Waals surface area contributed by atoms with Crippen molar-refractivity contribution in [2.45, 2.75) is 6.54 Å². The van der Waals surface area contributed by atoms with Crippen LogP contribution >= 0.6 is 0 Å². The first kappa shape index (κ1) is 15.2. The Balaban J connectivity index is 1.81. The Morgan fingerprint density at radius 3 is 2.70 bits per heavy atom. The maximum atomic E-state index is 13.2. The fraction of sp³-hybridized carbons (Fsp3) is 0.600. The topological polar surface area (TPSA) is 27.7 Å². The number of hydrogen-bond donors (Lipinski definition) is 1. The minimum Gasteiger partial charge on any atom is -0.492 e. The fourth-order valence-corrected chi connectivity index (χ4v) is 2.37. The number of benzene rings is 1. The van der Waals surface area contributed by atoms with E-state index >= 15 is 0 Å². The van der Waals surface area contributed by atoms with Crippen LogP contribution in [0.2, 0.25) is 0 Å². The molecule has 0 bridgehead atoms. The Hall–Kier alpha value is -1.17. The summed E-state index contributed by atoms with van der Waals surface area (Å²) in [6.45, 7) is 6.58. The van der Waals surface area contributed by atoms with Crippen LogP contribution in [0.4, 0.5) is 4.39 Å². The van der Waals surface area contributed by atoms with Crippen molar-refractivity contribution < 1.29 is 9.13 Å². The van der Waals surface area contributed by atoms with Crippen molar-refractivity contribution in [1.82, 2.24) is 15.1 Å². The Labute approximate surface area is 120 Å². The van der Waals surface area contributed by atoms with Gasteiger partial charge in [0.25, 0.3) is 0 Å². The summed E-state index contributed by atoms with van der Waals surface area (Å²) in [4.78, 5) is 4.74. The smallest absolute Gasteiger partial charge is 0.124 e. The second kappa shape index (κ2) is 7.57. The summed E-state index contributed by atoms with van der Waals surface area (Å²) in [5, 5.41) is 3.03. The lowest BCUT2D eigenvalue weighted by atomic mass is 10.2. The quantitative estimate of drug-likeness (QED) is 0.847. The van der Waals surface area contributed by atoms with Crippen LogP contribution in [-0.4, -0.2) is 63.2 Å². The number of nitrogens with zero attached hydrogens (tertiary/aromatic N) is 2. The number of likely N-dealkylation sites (N-methyl/N-ethyl adjacent to an activating group) is 1. The van der Waals surface area contributed by atoms with Crippen LogP contribution in [0.5, 0.6) is 5.75 Å². The van der Waals surface area contributed by atoms with Gasteiger partial charge in [0, 0.05) is 44.8 Å². The standard InChI is InChI=1S/C15H24FN3O/c1-17-12-13-11-14(16)3-4-15(13)20-10-9-19-7-5-18(2)6-8-19/h3-4,11,17H,5-10,12H2,1-2H3. The summed E-state index contributed by atoms with van der Waals surface area (Å²) in [7, 11) is 4.00. The normalized spacial score (nSPS) is 17.4. The van der Waals surface area contributed by atoms with Gasteiger partial charge in [-0.1, -0.05) is 0 Å². The van der Waals surface area contributed by atoms with Gasteiger partial charge in [-0.25, -0.2) is 4.39 Å². The minimum absolute atomic E-state index is 0.221. The summed E-state index contributed by atoms with van der Waals surface area (Å²) in [5.41, 5.74) is 0.867. The second-order valence-corrected chi connectivity index (χ2v) is 5.28. The molecule has 112 valence electrons. The lowest BCUT2D eigenvalue weighted by molar-refractivity contribution is 0.133. The number of halogens is 1. The monoisotopic (exact) mass is 281 g/mol. The molecule has 20 heavy (non-hydrogen) atoms. The molecule has 1 fully saturated rings. The summed E-state index contributed by atoms with van der Waals surface area (Å²) < 4.78 is 19.0. The van der Waals surface area contributed by atoms with E-state index in [1.807, 2.05) is 7.05 Å². The molecule has 1 N–H and O–H groups in total. The van der Waals surface area contributed by atoms with Crippen LogP contribution in [0.3, 0.4) is 0 Å². The van der Waals surface area contributed by atoms with Crippen molar-refractivity contribution in [2.24, 2.45) is 0 Å². The molecular formula is C15H24FN3O. The molecule has 0 amide bonds. The van der Waals surface area contributed by atoms with E-state index in [1.54, 1.807) is 6.07 Å². The van der Waals surface area contributed by atoms with E-state index in [4.69, 9.17) is 4.74 Å². The average molecular weight is 281 g/mol. The molecule has 0 aromatic heterocycles. The first-order chi connectivity index (χ1) is 9.69. The van der Waals surface area contributed by atoms with E-state index in [0.717, 1.165) is 44.0 Å². The molecule has 0 unspecified atom stereocenters. The number of ether oxygens (including phenoxy) is 1. The van der Waals surface area contributed by atoms with E-state index in [-0.39, 0.29) is 5.82 Å². The molecule has 1 aliphatic rings. The van der Waals surface area contributed by atoms with Crippen LogP contribution in [0.25, 0.3) is 0 Å². The molecule has 0 radical (unpaired) electrons. The summed E-state index contributed by atoms with van der Waals surface area (Å²) in [5.74, 6) is 0.552. The lowest BCUT2D eigenvalue weighted by Crippen LogP contribution is -2.45. The zero-order valence-electron chi connectivity index (χ0n) is 12.4. The van der Waals surface area contributed by atoms with Crippen molar-refractivity contribution in [3.8, 4) is 5.75 Å². The third kappa shape index (κ3) is 4.44. The molecule has 1 aliphatic heterocycles. The summed E-state index contributed by atoms with van der Waals surface area (Å²) >= 11 is 0. The van der Waals surface area contributed by atoms with Gasteiger partial charge < -0.3 is 15.0 Å². The SMILES string of the molecule is CNCc1cc(F)ccc1OCCN1CCN(C)CC1. The van der Waals surface area contributed by atoms with Crippen LogP contribution in [0.1, 0.15) is 5.56 Å². The van der Waals surface area contributed by atoms with Gasteiger partial charge >= 0.3 is 0 Å². The largest absolute Gasteiger partial charge is 0.492 e. The number of rotatable bonds is 6. The van der Waals surface area contributed by atoms with Gasteiger partial charge in [-0.2, -0.15) is 0 Å². The van der Waals surface area contributed by atoms with Gasteiger partial charge in [0.05, 0.1) is 0 Å². The third-order valence-electron chi connectivity index (χ3n) is 3.65. The minimum atomic E-state index is -0.221. The highest BCUT2D eigenvalue weighted by atomic mass is 19.1. The highest BCUT2D eigenvalue weighted by molar-refractivity contribution is 5.33. The van der Waals surface area contributed by atoms with Crippen molar-refractivity contribution in [2.75, 3.05) is 53.4 Å². The van der Waals surface area contributed by atoms with E-state index in [1.165, 1.54) is 12.1 Å². The molecular weight excluding hydrogens is 257 g/mol. The summed E-state index contributed by atoms with van der Waals surface area (Å²) in [6, 6.07) is 4.69. The van der Waals surface area contributed by atoms with E-state index < -0.39 is 0 Å². The zero-order chi connectivity index (χ0) is 14.4. The van der Waals surface area contributed by atoms with E-state index in [9.17, 15) is 4.39 Å². The van der Waals surface area contributed by atoms with E-state index in [2.05, 4.69) is 22.2 Å². The highest BCUT2D eigenvalue weighted by Crippen LogP contribution is 2.19. The van der Waals surface area contributed by atoms with Gasteiger partial charge in [-0.3, -0.25) is 4.90 Å². The molecule has 4 nitrogen and oxygen atoms in total. The Morgan fingerprint density at radius 2 is 2.00 bits per heavy atom. The van der Waals surface area contributed by atoms with Crippen molar-refractivity contribution in [3.63, 3.8) is 0 Å². The molecule has 1 aromatic rings. The second-order valence-electron chi connectivity index (χ2n) is 5.28. The van der Waals surface area contributed by atoms with Crippen molar-refractivity contribution in [3.05, 3.63) is 29.6 Å². The predicted octanol–water partition coefficient (Wildman–Crippen LogP) is 1.17.